The van der Waals surface area contributed by atoms with Crippen LogP contribution in [0.15, 0.2) is 60.7 Å². The van der Waals surface area contributed by atoms with Crippen molar-refractivity contribution in [3.05, 3.63) is 71.8 Å². The molecule has 3 aliphatic rings. The van der Waals surface area contributed by atoms with Crippen molar-refractivity contribution in [3.63, 3.8) is 0 Å². The van der Waals surface area contributed by atoms with Crippen LogP contribution in [0.4, 0.5) is 0 Å². The average Bonchev–Trinajstić information content (AvgIpc) is 3.55. The van der Waals surface area contributed by atoms with E-state index in [9.17, 15) is 19.5 Å². The molecule has 41 heavy (non-hydrogen) atoms. The zero-order chi connectivity index (χ0) is 29.6. The highest BCUT2D eigenvalue weighted by Crippen LogP contribution is 2.67. The largest absolute Gasteiger partial charge is 0.394 e. The first-order valence-electron chi connectivity index (χ1n) is 14.7. The molecule has 220 valence electrons. The van der Waals surface area contributed by atoms with Gasteiger partial charge in [0.2, 0.25) is 17.7 Å². The lowest BCUT2D eigenvalue weighted by Crippen LogP contribution is -2.59. The summed E-state index contributed by atoms with van der Waals surface area (Å²) >= 11 is 1.65. The van der Waals surface area contributed by atoms with Gasteiger partial charge in [0.25, 0.3) is 0 Å². The Balaban J connectivity index is 1.50. The maximum absolute atomic E-state index is 14.5. The summed E-state index contributed by atoms with van der Waals surface area (Å²) in [5.41, 5.74) is 1.25. The lowest BCUT2D eigenvalue weighted by Gasteiger charge is -2.40. The number of aliphatic hydroxyl groups is 1. The number of aliphatic hydroxyl groups excluding tert-OH is 1. The van der Waals surface area contributed by atoms with Crippen molar-refractivity contribution >= 4 is 29.5 Å². The van der Waals surface area contributed by atoms with E-state index in [2.05, 4.69) is 31.4 Å². The fourth-order valence-corrected chi connectivity index (χ4v) is 9.94. The smallest absolute Gasteiger partial charge is 0.244 e. The molecule has 0 saturated carbocycles. The normalized spacial score (nSPS) is 28.0. The molecule has 7 nitrogen and oxygen atoms in total. The number of fused-ring (bicyclic) bond motifs is 1. The number of hydrogen-bond donors (Lipinski definition) is 3. The summed E-state index contributed by atoms with van der Waals surface area (Å²) in [6.07, 6.45) is 2.21. The molecule has 2 unspecified atom stereocenters. The second-order valence-corrected chi connectivity index (χ2v) is 15.3. The molecule has 2 aromatic rings. The molecule has 0 aliphatic carbocycles. The van der Waals surface area contributed by atoms with Crippen molar-refractivity contribution in [1.29, 1.82) is 0 Å². The Morgan fingerprint density at radius 2 is 1.66 bits per heavy atom. The molecule has 3 fully saturated rings. The summed E-state index contributed by atoms with van der Waals surface area (Å²) in [6.45, 7) is 10.5. The van der Waals surface area contributed by atoms with Crippen LogP contribution in [0.1, 0.15) is 71.0 Å². The van der Waals surface area contributed by atoms with Crippen LogP contribution in [0.25, 0.3) is 0 Å². The molecular weight excluding hydrogens is 534 g/mol. The van der Waals surface area contributed by atoms with Crippen LogP contribution in [0, 0.1) is 17.3 Å². The Kier molecular flexibility index (Phi) is 8.03. The van der Waals surface area contributed by atoms with Gasteiger partial charge in [0.1, 0.15) is 6.04 Å². The summed E-state index contributed by atoms with van der Waals surface area (Å²) in [4.78, 5) is 44.2. The van der Waals surface area contributed by atoms with Gasteiger partial charge in [-0.2, -0.15) is 0 Å². The number of benzene rings is 2. The summed E-state index contributed by atoms with van der Waals surface area (Å²) in [5, 5.41) is 17.0. The van der Waals surface area contributed by atoms with Gasteiger partial charge in [-0.15, -0.1) is 11.8 Å². The van der Waals surface area contributed by atoms with Crippen molar-refractivity contribution in [3.8, 4) is 0 Å². The SMILES string of the molecule is CC(C)(C)CC(C)(C)NC(=O)C1N([C@H](CO)c2ccccc2)C(=O)[C@@H]2[C@@H](C(=O)NCc3ccccc3)[C@H]3CCC12S3. The fourth-order valence-electron chi connectivity index (χ4n) is 7.73. The first kappa shape index (κ1) is 29.6. The molecule has 0 radical (unpaired) electrons. The molecule has 5 rings (SSSR count). The fraction of sp³-hybridized carbons (Fsp3) is 0.545. The molecule has 2 bridgehead atoms. The van der Waals surface area contributed by atoms with Crippen LogP contribution in [0.3, 0.4) is 0 Å². The van der Waals surface area contributed by atoms with E-state index in [1.165, 1.54) is 0 Å². The molecule has 3 amide bonds. The van der Waals surface area contributed by atoms with E-state index >= 15 is 0 Å². The topological polar surface area (TPSA) is 98.7 Å². The van der Waals surface area contributed by atoms with E-state index in [0.717, 1.165) is 24.0 Å². The predicted molar refractivity (Wildman–Crippen MR) is 162 cm³/mol. The van der Waals surface area contributed by atoms with E-state index in [1.54, 1.807) is 16.7 Å². The first-order valence-corrected chi connectivity index (χ1v) is 15.5. The minimum atomic E-state index is -0.793. The lowest BCUT2D eigenvalue weighted by atomic mass is 9.70. The van der Waals surface area contributed by atoms with E-state index in [4.69, 9.17) is 0 Å². The molecule has 3 heterocycles. The zero-order valence-corrected chi connectivity index (χ0v) is 25.5. The predicted octanol–water partition coefficient (Wildman–Crippen LogP) is 4.46. The van der Waals surface area contributed by atoms with Gasteiger partial charge in [-0.05, 0) is 49.7 Å². The summed E-state index contributed by atoms with van der Waals surface area (Å²) in [6, 6.07) is 17.7. The summed E-state index contributed by atoms with van der Waals surface area (Å²) in [7, 11) is 0. The van der Waals surface area contributed by atoms with Gasteiger partial charge in [0.15, 0.2) is 0 Å². The third-order valence-corrected chi connectivity index (χ3v) is 10.7. The lowest BCUT2D eigenvalue weighted by molar-refractivity contribution is -0.143. The number of nitrogens with one attached hydrogen (secondary N) is 2. The minimum absolute atomic E-state index is 0.0110. The standard InChI is InChI=1S/C33H43N3O4S/c1-31(2,3)20-32(4,5)35-29(39)27-33-17-16-24(41-33)25(28(38)34-18-21-12-8-6-9-13-21)26(33)30(40)36(27)23(19-37)22-14-10-7-11-15-22/h6-15,23-27,37H,16-20H2,1-5H3,(H,34,38)(H,35,39)/t23-,24-,25+,26+,27?,33?/m1/s1. The maximum Gasteiger partial charge on any atom is 0.244 e. The molecule has 2 aromatic carbocycles. The second-order valence-electron chi connectivity index (χ2n) is 13.7. The van der Waals surface area contributed by atoms with Gasteiger partial charge < -0.3 is 20.6 Å². The number of carbonyl (C=O) groups is 3. The molecule has 3 saturated heterocycles. The van der Waals surface area contributed by atoms with Crippen LogP contribution >= 0.6 is 11.8 Å². The first-order chi connectivity index (χ1) is 19.4. The second kappa shape index (κ2) is 11.1. The Hall–Kier alpha value is -2.84. The van der Waals surface area contributed by atoms with Gasteiger partial charge in [-0.3, -0.25) is 14.4 Å². The van der Waals surface area contributed by atoms with Gasteiger partial charge in [0, 0.05) is 17.3 Å². The molecule has 3 N–H and O–H groups in total. The Morgan fingerprint density at radius 3 is 2.27 bits per heavy atom. The van der Waals surface area contributed by atoms with Crippen LogP contribution in [0.2, 0.25) is 0 Å². The molecule has 6 atom stereocenters. The van der Waals surface area contributed by atoms with E-state index in [-0.39, 0.29) is 35.0 Å². The molecular formula is C33H43N3O4S. The molecule has 1 spiro atoms. The third kappa shape index (κ3) is 5.65. The third-order valence-electron chi connectivity index (χ3n) is 8.73. The Bertz CT molecular complexity index is 1280. The zero-order valence-electron chi connectivity index (χ0n) is 24.7. The number of thioether (sulfide) groups is 1. The van der Waals surface area contributed by atoms with Crippen molar-refractivity contribution in [2.45, 2.75) is 88.0 Å². The van der Waals surface area contributed by atoms with E-state index in [0.29, 0.717) is 13.0 Å². The highest BCUT2D eigenvalue weighted by Gasteiger charge is 2.74. The highest BCUT2D eigenvalue weighted by atomic mass is 32.2. The van der Waals surface area contributed by atoms with Crippen LogP contribution in [0.5, 0.6) is 0 Å². The Labute approximate surface area is 247 Å². The highest BCUT2D eigenvalue weighted by molar-refractivity contribution is 8.02. The maximum atomic E-state index is 14.5. The monoisotopic (exact) mass is 577 g/mol. The average molecular weight is 578 g/mol. The van der Waals surface area contributed by atoms with Gasteiger partial charge in [-0.25, -0.2) is 0 Å². The van der Waals surface area contributed by atoms with Crippen molar-refractivity contribution in [2.24, 2.45) is 17.3 Å². The molecule has 8 heteroatoms. The molecule has 3 aliphatic heterocycles. The number of hydrogen-bond acceptors (Lipinski definition) is 5. The number of nitrogens with zero attached hydrogens (tertiary/aromatic N) is 1. The van der Waals surface area contributed by atoms with Crippen molar-refractivity contribution in [2.75, 3.05) is 6.61 Å². The van der Waals surface area contributed by atoms with E-state index < -0.39 is 34.2 Å². The number of carbonyl (C=O) groups excluding carboxylic acids is 3. The van der Waals surface area contributed by atoms with Crippen molar-refractivity contribution in [1.82, 2.24) is 15.5 Å². The molecule has 0 aromatic heterocycles. The summed E-state index contributed by atoms with van der Waals surface area (Å²) < 4.78 is -0.722. The summed E-state index contributed by atoms with van der Waals surface area (Å²) in [5.74, 6) is -1.70. The van der Waals surface area contributed by atoms with Crippen LogP contribution in [-0.4, -0.2) is 55.9 Å². The van der Waals surface area contributed by atoms with Gasteiger partial charge in [0.05, 0.1) is 29.2 Å². The number of rotatable bonds is 9. The van der Waals surface area contributed by atoms with Crippen molar-refractivity contribution < 1.29 is 19.5 Å². The minimum Gasteiger partial charge on any atom is -0.394 e. The van der Waals surface area contributed by atoms with Gasteiger partial charge in [-0.1, -0.05) is 81.4 Å². The van der Waals surface area contributed by atoms with Gasteiger partial charge >= 0.3 is 0 Å². The Morgan fingerprint density at radius 1 is 1.02 bits per heavy atom. The number of amides is 3. The van der Waals surface area contributed by atoms with Crippen LogP contribution in [-0.2, 0) is 20.9 Å². The quantitative estimate of drug-likeness (QED) is 0.409. The van der Waals surface area contributed by atoms with Crippen LogP contribution < -0.4 is 10.6 Å². The van der Waals surface area contributed by atoms with E-state index in [1.807, 2.05) is 74.5 Å². The number of likely N-dealkylation sites (tertiary alicyclic amines) is 1.